The molecule has 116 valence electrons. The van der Waals surface area contributed by atoms with Gasteiger partial charge in [-0.2, -0.15) is 0 Å². The number of aryl methyl sites for hydroxylation is 1. The van der Waals surface area contributed by atoms with Crippen molar-refractivity contribution in [3.05, 3.63) is 28.2 Å². The Morgan fingerprint density at radius 3 is 2.57 bits per heavy atom. The minimum Gasteiger partial charge on any atom is -0.354 e. The number of halogens is 1. The third-order valence-electron chi connectivity index (χ3n) is 3.43. The van der Waals surface area contributed by atoms with Gasteiger partial charge in [-0.3, -0.25) is 9.59 Å². The molecule has 0 aliphatic heterocycles. The second-order valence-electron chi connectivity index (χ2n) is 5.23. The largest absolute Gasteiger partial charge is 0.354 e. The average molecular weight is 355 g/mol. The van der Waals surface area contributed by atoms with Crippen LogP contribution in [0.5, 0.6) is 0 Å². The van der Waals surface area contributed by atoms with E-state index in [-0.39, 0.29) is 17.9 Å². The summed E-state index contributed by atoms with van der Waals surface area (Å²) in [6.07, 6.45) is 1.20. The molecule has 1 aromatic carbocycles. The van der Waals surface area contributed by atoms with E-state index in [1.165, 1.54) is 6.92 Å². The molecule has 21 heavy (non-hydrogen) atoms. The van der Waals surface area contributed by atoms with E-state index in [1.54, 1.807) is 4.90 Å². The van der Waals surface area contributed by atoms with Crippen LogP contribution in [0.3, 0.4) is 0 Å². The molecular formula is C16H23BrN2O2. The van der Waals surface area contributed by atoms with Gasteiger partial charge in [0.2, 0.25) is 11.8 Å². The molecule has 1 N–H and O–H groups in total. The van der Waals surface area contributed by atoms with Crippen LogP contribution < -0.4 is 10.2 Å². The zero-order chi connectivity index (χ0) is 16.0. The lowest BCUT2D eigenvalue weighted by molar-refractivity contribution is -0.121. The predicted octanol–water partition coefficient (Wildman–Crippen LogP) is 3.42. The highest BCUT2D eigenvalue weighted by Gasteiger charge is 2.15. The van der Waals surface area contributed by atoms with Crippen molar-refractivity contribution in [1.82, 2.24) is 5.32 Å². The molecule has 0 saturated heterocycles. The molecule has 2 amide bonds. The molecule has 0 fully saturated rings. The maximum atomic E-state index is 11.8. The maximum absolute atomic E-state index is 11.8. The summed E-state index contributed by atoms with van der Waals surface area (Å²) in [6, 6.07) is 5.92. The van der Waals surface area contributed by atoms with Gasteiger partial charge >= 0.3 is 0 Å². The van der Waals surface area contributed by atoms with Crippen molar-refractivity contribution in [3.63, 3.8) is 0 Å². The Morgan fingerprint density at radius 2 is 2.05 bits per heavy atom. The lowest BCUT2D eigenvalue weighted by atomic mass is 10.2. The first kappa shape index (κ1) is 17.7. The molecule has 0 bridgehead atoms. The Kier molecular flexibility index (Phi) is 6.89. The third-order valence-corrected chi connectivity index (χ3v) is 4.28. The fourth-order valence-electron chi connectivity index (χ4n) is 1.88. The van der Waals surface area contributed by atoms with Crippen LogP contribution in [-0.4, -0.2) is 24.4 Å². The van der Waals surface area contributed by atoms with Crippen molar-refractivity contribution in [3.8, 4) is 0 Å². The highest BCUT2D eigenvalue weighted by Crippen LogP contribution is 2.24. The first-order valence-corrected chi connectivity index (χ1v) is 7.98. The highest BCUT2D eigenvalue weighted by molar-refractivity contribution is 9.10. The quantitative estimate of drug-likeness (QED) is 0.850. The molecule has 1 rings (SSSR count). The normalized spacial score (nSPS) is 11.9. The topological polar surface area (TPSA) is 49.4 Å². The second kappa shape index (κ2) is 8.17. The predicted molar refractivity (Wildman–Crippen MR) is 89.4 cm³/mol. The van der Waals surface area contributed by atoms with Gasteiger partial charge in [0.1, 0.15) is 0 Å². The summed E-state index contributed by atoms with van der Waals surface area (Å²) in [4.78, 5) is 25.3. The van der Waals surface area contributed by atoms with E-state index in [1.807, 2.05) is 39.0 Å². The van der Waals surface area contributed by atoms with E-state index >= 15 is 0 Å². The van der Waals surface area contributed by atoms with Gasteiger partial charge in [-0.25, -0.2) is 0 Å². The summed E-state index contributed by atoms with van der Waals surface area (Å²) in [5, 5.41) is 2.91. The van der Waals surface area contributed by atoms with Gasteiger partial charge in [-0.15, -0.1) is 0 Å². The first-order chi connectivity index (χ1) is 9.85. The number of benzene rings is 1. The summed E-state index contributed by atoms with van der Waals surface area (Å²) in [5.74, 6) is -0.0936. The van der Waals surface area contributed by atoms with Crippen molar-refractivity contribution in [2.24, 2.45) is 0 Å². The lowest BCUT2D eigenvalue weighted by Gasteiger charge is -2.22. The Hall–Kier alpha value is -1.36. The fourth-order valence-corrected chi connectivity index (χ4v) is 2.25. The van der Waals surface area contributed by atoms with E-state index in [9.17, 15) is 9.59 Å². The second-order valence-corrected chi connectivity index (χ2v) is 6.09. The number of anilines is 1. The minimum atomic E-state index is -0.0675. The Labute approximate surface area is 135 Å². The van der Waals surface area contributed by atoms with E-state index in [4.69, 9.17) is 0 Å². The number of rotatable bonds is 6. The van der Waals surface area contributed by atoms with Crippen molar-refractivity contribution < 1.29 is 9.59 Å². The summed E-state index contributed by atoms with van der Waals surface area (Å²) in [5.41, 5.74) is 1.91. The number of hydrogen-bond donors (Lipinski definition) is 1. The van der Waals surface area contributed by atoms with Gasteiger partial charge in [0, 0.05) is 36.1 Å². The van der Waals surface area contributed by atoms with Crippen LogP contribution >= 0.6 is 15.9 Å². The fraction of sp³-hybridized carbons (Fsp3) is 0.500. The summed E-state index contributed by atoms with van der Waals surface area (Å²) in [6.45, 7) is 7.88. The van der Waals surface area contributed by atoms with Crippen molar-refractivity contribution in [2.45, 2.75) is 46.6 Å². The summed E-state index contributed by atoms with van der Waals surface area (Å²) in [7, 11) is 0. The molecule has 0 aliphatic rings. The number of nitrogens with zero attached hydrogens (tertiary/aromatic N) is 1. The molecule has 5 heteroatoms. The summed E-state index contributed by atoms with van der Waals surface area (Å²) >= 11 is 3.47. The van der Waals surface area contributed by atoms with E-state index < -0.39 is 0 Å². The van der Waals surface area contributed by atoms with E-state index in [2.05, 4.69) is 21.2 Å². The van der Waals surface area contributed by atoms with Crippen molar-refractivity contribution in [2.75, 3.05) is 11.4 Å². The van der Waals surface area contributed by atoms with Gasteiger partial charge < -0.3 is 10.2 Å². The van der Waals surface area contributed by atoms with Gasteiger partial charge in [-0.1, -0.05) is 28.9 Å². The molecule has 0 aliphatic carbocycles. The Balaban J connectivity index is 2.72. The minimum absolute atomic E-state index is 0.0261. The zero-order valence-corrected chi connectivity index (χ0v) is 14.7. The van der Waals surface area contributed by atoms with Gasteiger partial charge in [0.25, 0.3) is 0 Å². The smallest absolute Gasteiger partial charge is 0.223 e. The van der Waals surface area contributed by atoms with Crippen LogP contribution in [0.1, 0.15) is 39.2 Å². The molecule has 0 heterocycles. The molecule has 4 nitrogen and oxygen atoms in total. The zero-order valence-electron chi connectivity index (χ0n) is 13.1. The van der Waals surface area contributed by atoms with Crippen molar-refractivity contribution in [1.29, 1.82) is 0 Å². The standard InChI is InChI=1S/C16H23BrN2O2/c1-5-12(3)18-16(21)8-9-19(13(4)20)14-7-6-11(2)15(17)10-14/h6-7,10,12H,5,8-9H2,1-4H3,(H,18,21). The first-order valence-electron chi connectivity index (χ1n) is 7.18. The number of nitrogens with one attached hydrogen (secondary N) is 1. The average Bonchev–Trinajstić information content (AvgIpc) is 2.42. The molecule has 0 aromatic heterocycles. The van der Waals surface area contributed by atoms with Crippen LogP contribution in [0.4, 0.5) is 5.69 Å². The highest BCUT2D eigenvalue weighted by atomic mass is 79.9. The Bertz CT molecular complexity index is 517. The number of hydrogen-bond acceptors (Lipinski definition) is 2. The lowest BCUT2D eigenvalue weighted by Crippen LogP contribution is -2.36. The molecule has 0 saturated carbocycles. The van der Waals surface area contributed by atoms with Gasteiger partial charge in [0.15, 0.2) is 0 Å². The van der Waals surface area contributed by atoms with Gasteiger partial charge in [-0.05, 0) is 38.0 Å². The molecule has 0 spiro atoms. The van der Waals surface area contributed by atoms with Crippen LogP contribution in [-0.2, 0) is 9.59 Å². The molecule has 1 aromatic rings. The number of carbonyl (C=O) groups excluding carboxylic acids is 2. The number of carbonyl (C=O) groups is 2. The molecule has 1 atom stereocenters. The van der Waals surface area contributed by atoms with E-state index in [0.717, 1.165) is 22.1 Å². The van der Waals surface area contributed by atoms with Crippen LogP contribution in [0.15, 0.2) is 22.7 Å². The van der Waals surface area contributed by atoms with Crippen molar-refractivity contribution >= 4 is 33.4 Å². The van der Waals surface area contributed by atoms with Crippen LogP contribution in [0.25, 0.3) is 0 Å². The van der Waals surface area contributed by atoms with Crippen LogP contribution in [0, 0.1) is 6.92 Å². The molecule has 1 unspecified atom stereocenters. The monoisotopic (exact) mass is 354 g/mol. The molecular weight excluding hydrogens is 332 g/mol. The summed E-state index contributed by atoms with van der Waals surface area (Å²) < 4.78 is 0.954. The SMILES string of the molecule is CCC(C)NC(=O)CCN(C(C)=O)c1ccc(C)c(Br)c1. The van der Waals surface area contributed by atoms with Gasteiger partial charge in [0.05, 0.1) is 0 Å². The van der Waals surface area contributed by atoms with Crippen LogP contribution in [0.2, 0.25) is 0 Å². The maximum Gasteiger partial charge on any atom is 0.223 e. The number of amides is 2. The molecule has 0 radical (unpaired) electrons. The third kappa shape index (κ3) is 5.50. The van der Waals surface area contributed by atoms with E-state index in [0.29, 0.717) is 13.0 Å². The Morgan fingerprint density at radius 1 is 1.38 bits per heavy atom.